The summed E-state index contributed by atoms with van der Waals surface area (Å²) < 4.78 is 42.4. The van der Waals surface area contributed by atoms with E-state index < -0.39 is 12.4 Å². The van der Waals surface area contributed by atoms with Crippen LogP contribution in [0.1, 0.15) is 11.1 Å². The molecule has 10 nitrogen and oxygen atoms in total. The number of hydrogen-bond acceptors (Lipinski definition) is 7. The molecular weight excluding hydrogens is 597 g/mol. The van der Waals surface area contributed by atoms with E-state index in [2.05, 4.69) is 25.3 Å². The molecule has 0 aliphatic carbocycles. The predicted molar refractivity (Wildman–Crippen MR) is 150 cm³/mol. The minimum absolute atomic E-state index is 0.0323. The molecule has 0 spiro atoms. The maximum Gasteiger partial charge on any atom is 0.573 e. The zero-order valence-electron chi connectivity index (χ0n) is 21.6. The molecule has 0 bridgehead atoms. The highest BCUT2D eigenvalue weighted by Gasteiger charge is 2.32. The number of carbonyl (C=O) groups excluding carboxylic acids is 2. The van der Waals surface area contributed by atoms with Crippen LogP contribution in [-0.2, 0) is 16.2 Å². The molecule has 216 valence electrons. The Balaban J connectivity index is 1.16. The molecule has 1 aromatic heterocycles. The van der Waals surface area contributed by atoms with Gasteiger partial charge in [0.25, 0.3) is 0 Å². The Hall–Kier alpha value is -4.40. The maximum atomic E-state index is 12.4. The number of anilines is 1. The molecule has 3 amide bonds. The number of hydrogen-bond donors (Lipinski definition) is 1. The predicted octanol–water partition coefficient (Wildman–Crippen LogP) is 6.07. The van der Waals surface area contributed by atoms with Crippen LogP contribution in [0.2, 0.25) is 5.02 Å². The van der Waals surface area contributed by atoms with E-state index in [1.54, 1.807) is 36.4 Å². The van der Waals surface area contributed by atoms with Crippen molar-refractivity contribution in [3.05, 3.63) is 89.2 Å². The topological polar surface area (TPSA) is 111 Å². The van der Waals surface area contributed by atoms with Gasteiger partial charge in [0.1, 0.15) is 12.1 Å². The number of thioether (sulfide) groups is 1. The molecular formula is C27H20ClF3N6O4S. The third kappa shape index (κ3) is 7.08. The van der Waals surface area contributed by atoms with Crippen LogP contribution in [0.4, 0.5) is 23.7 Å². The molecule has 1 saturated heterocycles. The second-order valence-corrected chi connectivity index (χ2v) is 10.2. The normalized spacial score (nSPS) is 14.5. The number of carbonyl (C=O) groups is 2. The number of nitrogens with zero attached hydrogens (tertiary/aromatic N) is 5. The van der Waals surface area contributed by atoms with E-state index in [0.29, 0.717) is 27.8 Å². The smallest absolute Gasteiger partial charge is 0.406 e. The summed E-state index contributed by atoms with van der Waals surface area (Å²) in [5.74, 6) is -0.0635. The lowest BCUT2D eigenvalue weighted by molar-refractivity contribution is -0.274. The van der Waals surface area contributed by atoms with Crippen LogP contribution in [0.15, 0.2) is 78.0 Å². The standard InChI is InChI=1S/C27H20ClF3N6O4S/c1-16-2-11-21(28)22(12-16)37-23(38)14-42-26(37)33-25(39)35-40-13-17-3-5-18(6-4-17)24-32-15-36(34-24)19-7-9-20(10-8-19)41-27(29,30)31/h2-12,15H,13-14H2,1H3,(H,35,39)/b33-26-. The number of nitrogens with one attached hydrogen (secondary N) is 1. The molecule has 3 aromatic carbocycles. The molecule has 1 fully saturated rings. The summed E-state index contributed by atoms with van der Waals surface area (Å²) in [6.07, 6.45) is -3.33. The number of benzene rings is 3. The molecule has 1 N–H and O–H groups in total. The Labute approximate surface area is 246 Å². The minimum Gasteiger partial charge on any atom is -0.406 e. The number of aliphatic imine (C=N–C) groups is 1. The highest BCUT2D eigenvalue weighted by Crippen LogP contribution is 2.33. The summed E-state index contributed by atoms with van der Waals surface area (Å²) in [6.45, 7) is 1.90. The second kappa shape index (κ2) is 12.2. The Morgan fingerprint density at radius 2 is 1.86 bits per heavy atom. The molecule has 0 radical (unpaired) electrons. The number of alkyl halides is 3. The van der Waals surface area contributed by atoms with Gasteiger partial charge < -0.3 is 4.74 Å². The fraction of sp³-hybridized carbons (Fsp3) is 0.148. The van der Waals surface area contributed by atoms with Crippen LogP contribution in [0.3, 0.4) is 0 Å². The van der Waals surface area contributed by atoms with Gasteiger partial charge in [0.2, 0.25) is 5.91 Å². The van der Waals surface area contributed by atoms with Gasteiger partial charge in [-0.15, -0.1) is 18.3 Å². The van der Waals surface area contributed by atoms with Crippen LogP contribution < -0.4 is 15.1 Å². The van der Waals surface area contributed by atoms with E-state index in [-0.39, 0.29) is 29.2 Å². The van der Waals surface area contributed by atoms with Gasteiger partial charge in [-0.3, -0.25) is 14.5 Å². The Morgan fingerprint density at radius 1 is 1.12 bits per heavy atom. The summed E-state index contributed by atoms with van der Waals surface area (Å²) in [6, 6.07) is 16.7. The molecule has 5 rings (SSSR count). The first-order valence-electron chi connectivity index (χ1n) is 12.2. The van der Waals surface area contributed by atoms with E-state index in [4.69, 9.17) is 16.4 Å². The fourth-order valence-corrected chi connectivity index (χ4v) is 4.90. The van der Waals surface area contributed by atoms with E-state index >= 15 is 0 Å². The number of halogens is 4. The number of hydroxylamine groups is 1. The Bertz CT molecular complexity index is 1650. The minimum atomic E-state index is -4.77. The highest BCUT2D eigenvalue weighted by molar-refractivity contribution is 8.15. The van der Waals surface area contributed by atoms with Gasteiger partial charge in [0, 0.05) is 5.56 Å². The first-order chi connectivity index (χ1) is 20.1. The average Bonchev–Trinajstić information content (AvgIpc) is 3.57. The van der Waals surface area contributed by atoms with Crippen molar-refractivity contribution in [3.63, 3.8) is 0 Å². The molecule has 0 unspecified atom stereocenters. The van der Waals surface area contributed by atoms with Crippen molar-refractivity contribution in [1.82, 2.24) is 20.2 Å². The van der Waals surface area contributed by atoms with Crippen molar-refractivity contribution in [2.24, 2.45) is 4.99 Å². The molecule has 4 aromatic rings. The van der Waals surface area contributed by atoms with Crippen molar-refractivity contribution in [2.75, 3.05) is 10.7 Å². The average molecular weight is 617 g/mol. The maximum absolute atomic E-state index is 12.4. The van der Waals surface area contributed by atoms with Crippen LogP contribution >= 0.6 is 23.4 Å². The first-order valence-corrected chi connectivity index (χ1v) is 13.5. The van der Waals surface area contributed by atoms with Crippen LogP contribution in [0.5, 0.6) is 5.75 Å². The van der Waals surface area contributed by atoms with Crippen LogP contribution in [0.25, 0.3) is 17.1 Å². The van der Waals surface area contributed by atoms with E-state index in [0.717, 1.165) is 22.9 Å². The lowest BCUT2D eigenvalue weighted by Crippen LogP contribution is -2.31. The quantitative estimate of drug-likeness (QED) is 0.251. The number of amidine groups is 1. The molecule has 15 heteroatoms. The number of aryl methyl sites for hydroxylation is 1. The number of rotatable bonds is 7. The fourth-order valence-electron chi connectivity index (χ4n) is 3.84. The number of amides is 3. The SMILES string of the molecule is Cc1ccc(Cl)c(N2C(=O)CS/C2=N\C(=O)NOCc2ccc(-c3ncn(-c4ccc(OC(F)(F)F)cc4)n3)cc2)c1. The van der Waals surface area contributed by atoms with Crippen molar-refractivity contribution in [2.45, 2.75) is 19.9 Å². The zero-order chi connectivity index (χ0) is 29.9. The van der Waals surface area contributed by atoms with Crippen molar-refractivity contribution in [3.8, 4) is 22.8 Å². The number of urea groups is 1. The van der Waals surface area contributed by atoms with Gasteiger partial charge in [-0.05, 0) is 54.4 Å². The van der Waals surface area contributed by atoms with Gasteiger partial charge in [-0.2, -0.15) is 4.99 Å². The summed E-state index contributed by atoms with van der Waals surface area (Å²) in [4.78, 5) is 39.6. The molecule has 2 heterocycles. The summed E-state index contributed by atoms with van der Waals surface area (Å²) in [5.41, 5.74) is 5.50. The largest absolute Gasteiger partial charge is 0.573 e. The molecule has 42 heavy (non-hydrogen) atoms. The zero-order valence-corrected chi connectivity index (χ0v) is 23.2. The Morgan fingerprint density at radius 3 is 2.57 bits per heavy atom. The third-order valence-electron chi connectivity index (χ3n) is 5.74. The second-order valence-electron chi connectivity index (χ2n) is 8.81. The van der Waals surface area contributed by atoms with Crippen LogP contribution in [-0.4, -0.2) is 44.0 Å². The highest BCUT2D eigenvalue weighted by atomic mass is 35.5. The molecule has 1 aliphatic heterocycles. The van der Waals surface area contributed by atoms with Gasteiger partial charge >= 0.3 is 12.4 Å². The van der Waals surface area contributed by atoms with Gasteiger partial charge in [0.05, 0.1) is 28.8 Å². The third-order valence-corrected chi connectivity index (χ3v) is 6.99. The molecule has 1 aliphatic rings. The summed E-state index contributed by atoms with van der Waals surface area (Å²) in [5, 5.41) is 4.91. The van der Waals surface area contributed by atoms with E-state index in [9.17, 15) is 22.8 Å². The number of aromatic nitrogens is 3. The van der Waals surface area contributed by atoms with E-state index in [1.165, 1.54) is 40.2 Å². The van der Waals surface area contributed by atoms with Crippen LogP contribution in [0, 0.1) is 6.92 Å². The number of ether oxygens (including phenoxy) is 1. The lowest BCUT2D eigenvalue weighted by Gasteiger charge is -2.18. The monoisotopic (exact) mass is 616 g/mol. The summed E-state index contributed by atoms with van der Waals surface area (Å²) in [7, 11) is 0. The lowest BCUT2D eigenvalue weighted by atomic mass is 10.1. The molecule has 0 saturated carbocycles. The Kier molecular flexibility index (Phi) is 8.47. The first kappa shape index (κ1) is 29.1. The van der Waals surface area contributed by atoms with E-state index in [1.807, 2.05) is 13.0 Å². The molecule has 0 atom stereocenters. The van der Waals surface area contributed by atoms with Gasteiger partial charge in [-0.1, -0.05) is 53.7 Å². The van der Waals surface area contributed by atoms with Crippen molar-refractivity contribution in [1.29, 1.82) is 0 Å². The van der Waals surface area contributed by atoms with Gasteiger partial charge in [-0.25, -0.2) is 19.9 Å². The van der Waals surface area contributed by atoms with Crippen molar-refractivity contribution < 1.29 is 32.3 Å². The van der Waals surface area contributed by atoms with Crippen molar-refractivity contribution >= 4 is 46.2 Å². The summed E-state index contributed by atoms with van der Waals surface area (Å²) >= 11 is 7.39. The van der Waals surface area contributed by atoms with Gasteiger partial charge in [0.15, 0.2) is 11.0 Å².